The minimum atomic E-state index is -1.29. The molecule has 3 aliphatic carbocycles. The molecule has 0 heterocycles. The van der Waals surface area contributed by atoms with Crippen LogP contribution in [0.1, 0.15) is 26.7 Å². The van der Waals surface area contributed by atoms with Crippen molar-refractivity contribution in [1.82, 2.24) is 0 Å². The fraction of sp³-hybridized carbons (Fsp3) is 0.727. The fourth-order valence-corrected chi connectivity index (χ4v) is 2.85. The number of carbonyl (C=O) groups is 1. The molecule has 2 bridgehead atoms. The Kier molecular flexibility index (Phi) is 1.96. The van der Waals surface area contributed by atoms with E-state index in [9.17, 15) is 9.90 Å². The second kappa shape index (κ2) is 2.83. The number of aliphatic carboxylic acids is 1. The minimum absolute atomic E-state index is 0.181. The largest absolute Gasteiger partial charge is 0.479 e. The average molecular weight is 196 g/mol. The Morgan fingerprint density at radius 3 is 2.71 bits per heavy atom. The lowest BCUT2D eigenvalue weighted by atomic mass is 9.48. The number of rotatable bonds is 2. The van der Waals surface area contributed by atoms with E-state index < -0.39 is 12.1 Å². The molecule has 3 heteroatoms. The first-order valence-electron chi connectivity index (χ1n) is 5.05. The van der Waals surface area contributed by atoms with E-state index in [4.69, 9.17) is 5.11 Å². The Hall–Kier alpha value is -0.830. The lowest BCUT2D eigenvalue weighted by Crippen LogP contribution is -2.50. The Balaban J connectivity index is 2.22. The minimum Gasteiger partial charge on any atom is -0.479 e. The average Bonchev–Trinajstić information content (AvgIpc) is 2.16. The summed E-state index contributed by atoms with van der Waals surface area (Å²) in [6, 6.07) is 0. The molecule has 0 aromatic carbocycles. The summed E-state index contributed by atoms with van der Waals surface area (Å²) in [7, 11) is 0. The van der Waals surface area contributed by atoms with Gasteiger partial charge in [0.25, 0.3) is 0 Å². The fourth-order valence-electron chi connectivity index (χ4n) is 2.85. The van der Waals surface area contributed by atoms with Gasteiger partial charge < -0.3 is 10.2 Å². The second-order valence-electron chi connectivity index (χ2n) is 4.99. The molecule has 1 saturated carbocycles. The lowest BCUT2D eigenvalue weighted by molar-refractivity contribution is -0.146. The highest BCUT2D eigenvalue weighted by Crippen LogP contribution is 2.59. The molecule has 2 N–H and O–H groups in total. The first-order valence-corrected chi connectivity index (χ1v) is 5.05. The summed E-state index contributed by atoms with van der Waals surface area (Å²) < 4.78 is 0. The van der Waals surface area contributed by atoms with Crippen LogP contribution in [-0.2, 0) is 4.79 Å². The van der Waals surface area contributed by atoms with Gasteiger partial charge in [-0.3, -0.25) is 0 Å². The third-order valence-electron chi connectivity index (χ3n) is 4.06. The van der Waals surface area contributed by atoms with Crippen molar-refractivity contribution in [3.8, 4) is 0 Å². The lowest BCUT2D eigenvalue weighted by Gasteiger charge is -2.56. The van der Waals surface area contributed by atoms with E-state index >= 15 is 0 Å². The first-order chi connectivity index (χ1) is 6.44. The van der Waals surface area contributed by atoms with Crippen LogP contribution in [0.5, 0.6) is 0 Å². The molecule has 0 aromatic heterocycles. The van der Waals surface area contributed by atoms with E-state index in [1.54, 1.807) is 0 Å². The summed E-state index contributed by atoms with van der Waals surface area (Å²) in [5, 5.41) is 18.3. The van der Waals surface area contributed by atoms with Crippen molar-refractivity contribution in [1.29, 1.82) is 0 Å². The maximum Gasteiger partial charge on any atom is 0.336 e. The van der Waals surface area contributed by atoms with Gasteiger partial charge in [0.05, 0.1) is 0 Å². The molecule has 1 fully saturated rings. The van der Waals surface area contributed by atoms with Gasteiger partial charge in [0.15, 0.2) is 6.10 Å². The van der Waals surface area contributed by atoms with Gasteiger partial charge in [0, 0.05) is 0 Å². The SMILES string of the molecule is CC1(C)C2CC=C(C(O)C(=O)O)C1C2. The molecule has 78 valence electrons. The Morgan fingerprint density at radius 2 is 2.29 bits per heavy atom. The molecule has 3 unspecified atom stereocenters. The van der Waals surface area contributed by atoms with Crippen LogP contribution >= 0.6 is 0 Å². The van der Waals surface area contributed by atoms with Gasteiger partial charge in [-0.1, -0.05) is 19.9 Å². The van der Waals surface area contributed by atoms with Crippen LogP contribution in [0.25, 0.3) is 0 Å². The maximum atomic E-state index is 10.7. The number of fused-ring (bicyclic) bond motifs is 1. The zero-order valence-electron chi connectivity index (χ0n) is 8.53. The predicted octanol–water partition coefficient (Wildman–Crippen LogP) is 1.42. The molecule has 3 nitrogen and oxygen atoms in total. The van der Waals surface area contributed by atoms with Crippen molar-refractivity contribution in [3.05, 3.63) is 11.6 Å². The Labute approximate surface area is 83.4 Å². The molecule has 0 aromatic rings. The molecular formula is C11H16O3. The number of hydrogen-bond donors (Lipinski definition) is 2. The molecule has 3 aliphatic rings. The van der Waals surface area contributed by atoms with Crippen molar-refractivity contribution >= 4 is 5.97 Å². The Morgan fingerprint density at radius 1 is 1.64 bits per heavy atom. The van der Waals surface area contributed by atoms with Crippen molar-refractivity contribution < 1.29 is 15.0 Å². The van der Waals surface area contributed by atoms with Crippen molar-refractivity contribution in [2.75, 3.05) is 0 Å². The number of carboxylic acid groups (broad SMARTS) is 1. The third kappa shape index (κ3) is 1.12. The second-order valence-corrected chi connectivity index (χ2v) is 4.99. The van der Waals surface area contributed by atoms with E-state index in [1.807, 2.05) is 6.08 Å². The van der Waals surface area contributed by atoms with Gasteiger partial charge in [0.2, 0.25) is 0 Å². The van der Waals surface area contributed by atoms with Gasteiger partial charge in [0.1, 0.15) is 0 Å². The summed E-state index contributed by atoms with van der Waals surface area (Å²) in [4.78, 5) is 10.7. The highest BCUT2D eigenvalue weighted by molar-refractivity contribution is 5.76. The van der Waals surface area contributed by atoms with Crippen LogP contribution in [0.2, 0.25) is 0 Å². The number of aliphatic hydroxyl groups excluding tert-OH is 1. The molecule has 3 atom stereocenters. The predicted molar refractivity (Wildman–Crippen MR) is 51.7 cm³/mol. The molecule has 0 amide bonds. The van der Waals surface area contributed by atoms with E-state index in [0.717, 1.165) is 18.4 Å². The molecule has 0 saturated heterocycles. The summed E-state index contributed by atoms with van der Waals surface area (Å²) in [6.45, 7) is 4.32. The molecule has 0 spiro atoms. The van der Waals surface area contributed by atoms with Gasteiger partial charge in [-0.05, 0) is 35.7 Å². The zero-order valence-corrected chi connectivity index (χ0v) is 8.53. The number of aliphatic hydroxyl groups is 1. The quantitative estimate of drug-likeness (QED) is 0.657. The highest BCUT2D eigenvalue weighted by Gasteiger charge is 2.53. The number of allylic oxidation sites excluding steroid dienone is 1. The molecule has 14 heavy (non-hydrogen) atoms. The van der Waals surface area contributed by atoms with Crippen LogP contribution < -0.4 is 0 Å². The third-order valence-corrected chi connectivity index (χ3v) is 4.06. The van der Waals surface area contributed by atoms with Gasteiger partial charge in [-0.2, -0.15) is 0 Å². The smallest absolute Gasteiger partial charge is 0.336 e. The number of hydrogen-bond acceptors (Lipinski definition) is 2. The highest BCUT2D eigenvalue weighted by atomic mass is 16.4. The molecular weight excluding hydrogens is 180 g/mol. The van der Waals surface area contributed by atoms with Crippen molar-refractivity contribution in [3.63, 3.8) is 0 Å². The zero-order chi connectivity index (χ0) is 10.5. The first kappa shape index (κ1) is 9.71. The van der Waals surface area contributed by atoms with Crippen LogP contribution in [0.3, 0.4) is 0 Å². The van der Waals surface area contributed by atoms with Crippen LogP contribution in [-0.4, -0.2) is 22.3 Å². The standard InChI is InChI=1S/C11H16O3/c1-11(2)6-3-4-7(8(11)5-6)9(12)10(13)14/h4,6,8-9,12H,3,5H2,1-2H3,(H,13,14). The summed E-state index contributed by atoms with van der Waals surface area (Å²) >= 11 is 0. The summed E-state index contributed by atoms with van der Waals surface area (Å²) in [6.07, 6.45) is 2.59. The van der Waals surface area contributed by atoms with E-state index in [0.29, 0.717) is 5.92 Å². The Bertz CT molecular complexity index is 304. The molecule has 0 aliphatic heterocycles. The monoisotopic (exact) mass is 196 g/mol. The maximum absolute atomic E-state index is 10.7. The van der Waals surface area contributed by atoms with E-state index in [-0.39, 0.29) is 11.3 Å². The van der Waals surface area contributed by atoms with Crippen LogP contribution in [0.4, 0.5) is 0 Å². The van der Waals surface area contributed by atoms with Gasteiger partial charge in [-0.25, -0.2) is 4.79 Å². The summed E-state index contributed by atoms with van der Waals surface area (Å²) in [5.74, 6) is -0.179. The molecule has 0 radical (unpaired) electrons. The van der Waals surface area contributed by atoms with E-state index in [2.05, 4.69) is 13.8 Å². The van der Waals surface area contributed by atoms with Gasteiger partial charge >= 0.3 is 5.97 Å². The molecule has 3 rings (SSSR count). The van der Waals surface area contributed by atoms with E-state index in [1.165, 1.54) is 0 Å². The van der Waals surface area contributed by atoms with Crippen LogP contribution in [0.15, 0.2) is 11.6 Å². The summed E-state index contributed by atoms with van der Waals surface area (Å²) in [5.41, 5.74) is 0.908. The van der Waals surface area contributed by atoms with Crippen molar-refractivity contribution in [2.24, 2.45) is 17.3 Å². The van der Waals surface area contributed by atoms with Crippen LogP contribution in [0, 0.1) is 17.3 Å². The number of carboxylic acids is 1. The van der Waals surface area contributed by atoms with Gasteiger partial charge in [-0.15, -0.1) is 0 Å². The van der Waals surface area contributed by atoms with Crippen molar-refractivity contribution in [2.45, 2.75) is 32.8 Å². The normalized spacial score (nSPS) is 35.5. The topological polar surface area (TPSA) is 57.5 Å².